The van der Waals surface area contributed by atoms with Gasteiger partial charge in [-0.15, -0.1) is 0 Å². The number of pyridine rings is 1. The Balaban J connectivity index is 1.33. The summed E-state index contributed by atoms with van der Waals surface area (Å²) in [4.78, 5) is 13.0. The van der Waals surface area contributed by atoms with Gasteiger partial charge in [-0.05, 0) is 23.8 Å². The lowest BCUT2D eigenvalue weighted by Crippen LogP contribution is -2.17. The molecule has 4 rings (SSSR count). The number of hydrogen-bond acceptors (Lipinski definition) is 9. The fourth-order valence-electron chi connectivity index (χ4n) is 2.83. The molecule has 5 N–H and O–H groups in total. The van der Waals surface area contributed by atoms with E-state index in [1.165, 1.54) is 18.0 Å². The lowest BCUT2D eigenvalue weighted by atomic mass is 10.2. The van der Waals surface area contributed by atoms with E-state index in [1.54, 1.807) is 24.4 Å². The molecule has 0 atom stereocenters. The van der Waals surface area contributed by atoms with Crippen LogP contribution >= 0.6 is 11.8 Å². The molecule has 0 fully saturated rings. The lowest BCUT2D eigenvalue weighted by molar-refractivity contribution is 1.01. The second kappa shape index (κ2) is 9.65. The largest absolute Gasteiger partial charge is 0.395 e. The predicted molar refractivity (Wildman–Crippen MR) is 124 cm³/mol. The standard InChI is InChI=1S/C22H20N8S/c23-12-15-6-7-19(28-13-15)25-10-11-27-22-26-9-8-17(30-22)20(24)21-29-18(14-31-21)16-4-2-1-3-5-16/h1-9,13-14,29H,10-11,24H2,(H,25,28)(H,26,27,30)/b21-20+. The van der Waals surface area contributed by atoms with E-state index in [2.05, 4.69) is 30.9 Å². The van der Waals surface area contributed by atoms with E-state index in [0.29, 0.717) is 41.8 Å². The zero-order valence-electron chi connectivity index (χ0n) is 16.5. The second-order valence-electron chi connectivity index (χ2n) is 6.55. The molecule has 0 radical (unpaired) electrons. The normalized spacial score (nSPS) is 14.2. The maximum absolute atomic E-state index is 8.81. The van der Waals surface area contributed by atoms with Crippen molar-refractivity contribution >= 4 is 34.9 Å². The Kier molecular flexibility index (Phi) is 6.30. The molecule has 1 aliphatic rings. The zero-order valence-corrected chi connectivity index (χ0v) is 17.4. The minimum Gasteiger partial charge on any atom is -0.395 e. The second-order valence-corrected chi connectivity index (χ2v) is 7.43. The van der Waals surface area contributed by atoms with Crippen LogP contribution in [0, 0.1) is 11.3 Å². The molecule has 0 spiro atoms. The molecule has 9 heteroatoms. The summed E-state index contributed by atoms with van der Waals surface area (Å²) in [7, 11) is 0. The lowest BCUT2D eigenvalue weighted by Gasteiger charge is -2.10. The van der Waals surface area contributed by atoms with E-state index < -0.39 is 0 Å². The van der Waals surface area contributed by atoms with Crippen LogP contribution in [0.15, 0.2) is 71.4 Å². The van der Waals surface area contributed by atoms with Crippen molar-refractivity contribution in [2.24, 2.45) is 5.73 Å². The third kappa shape index (κ3) is 5.12. The van der Waals surface area contributed by atoms with E-state index in [0.717, 1.165) is 16.3 Å². The number of benzene rings is 1. The maximum Gasteiger partial charge on any atom is 0.223 e. The molecule has 1 aromatic carbocycles. The van der Waals surface area contributed by atoms with Gasteiger partial charge in [0.15, 0.2) is 0 Å². The Labute approximate surface area is 184 Å². The van der Waals surface area contributed by atoms with E-state index in [-0.39, 0.29) is 0 Å². The molecule has 0 amide bonds. The zero-order chi connectivity index (χ0) is 21.5. The van der Waals surface area contributed by atoms with Crippen LogP contribution in [0.1, 0.15) is 16.8 Å². The van der Waals surface area contributed by atoms with Crippen molar-refractivity contribution in [2.45, 2.75) is 0 Å². The Morgan fingerprint density at radius 3 is 2.68 bits per heavy atom. The minimum atomic E-state index is 0.495. The van der Waals surface area contributed by atoms with Crippen LogP contribution in [0.4, 0.5) is 11.8 Å². The monoisotopic (exact) mass is 428 g/mol. The molecule has 0 bridgehead atoms. The van der Waals surface area contributed by atoms with Crippen LogP contribution in [-0.2, 0) is 0 Å². The smallest absolute Gasteiger partial charge is 0.223 e. The van der Waals surface area contributed by atoms with Gasteiger partial charge >= 0.3 is 0 Å². The number of rotatable bonds is 7. The van der Waals surface area contributed by atoms with Gasteiger partial charge in [-0.1, -0.05) is 42.1 Å². The van der Waals surface area contributed by atoms with Crippen molar-refractivity contribution in [3.63, 3.8) is 0 Å². The van der Waals surface area contributed by atoms with Crippen LogP contribution < -0.4 is 21.7 Å². The SMILES string of the molecule is N#Cc1ccc(NCCNc2nccc(/C(N)=C3/NC(c4ccccc4)=CS3)n2)nc1. The van der Waals surface area contributed by atoms with Gasteiger partial charge in [-0.2, -0.15) is 5.26 Å². The number of nitrogens with two attached hydrogens (primary N) is 1. The fourth-order valence-corrected chi connectivity index (χ4v) is 3.66. The predicted octanol–water partition coefficient (Wildman–Crippen LogP) is 3.19. The molecule has 3 aromatic rings. The maximum atomic E-state index is 8.81. The van der Waals surface area contributed by atoms with Gasteiger partial charge < -0.3 is 21.7 Å². The van der Waals surface area contributed by atoms with Gasteiger partial charge in [-0.3, -0.25) is 0 Å². The molecule has 31 heavy (non-hydrogen) atoms. The molecule has 1 aliphatic heterocycles. The van der Waals surface area contributed by atoms with Crippen LogP contribution in [0.5, 0.6) is 0 Å². The number of nitrogens with one attached hydrogen (secondary N) is 3. The molecule has 3 heterocycles. The van der Waals surface area contributed by atoms with E-state index in [4.69, 9.17) is 11.0 Å². The molecule has 2 aromatic heterocycles. The topological polar surface area (TPSA) is 125 Å². The first-order valence-corrected chi connectivity index (χ1v) is 10.5. The molecule has 154 valence electrons. The molecule has 0 aliphatic carbocycles. The van der Waals surface area contributed by atoms with Crippen LogP contribution in [0.25, 0.3) is 11.4 Å². The van der Waals surface area contributed by atoms with Gasteiger partial charge in [0, 0.05) is 30.9 Å². The highest BCUT2D eigenvalue weighted by molar-refractivity contribution is 8.06. The average molecular weight is 429 g/mol. The molecule has 8 nitrogen and oxygen atoms in total. The summed E-state index contributed by atoms with van der Waals surface area (Å²) >= 11 is 1.54. The van der Waals surface area contributed by atoms with Crippen molar-refractivity contribution in [3.05, 3.63) is 88.2 Å². The van der Waals surface area contributed by atoms with Crippen molar-refractivity contribution in [1.82, 2.24) is 20.3 Å². The number of nitrogens with zero attached hydrogens (tertiary/aromatic N) is 4. The first-order valence-electron chi connectivity index (χ1n) is 9.59. The van der Waals surface area contributed by atoms with E-state index in [9.17, 15) is 0 Å². The highest BCUT2D eigenvalue weighted by atomic mass is 32.2. The van der Waals surface area contributed by atoms with Crippen LogP contribution in [-0.4, -0.2) is 28.0 Å². The first-order chi connectivity index (χ1) is 15.2. The number of thioether (sulfide) groups is 1. The van der Waals surface area contributed by atoms with Crippen LogP contribution in [0.2, 0.25) is 0 Å². The van der Waals surface area contributed by atoms with Gasteiger partial charge in [0.1, 0.15) is 16.9 Å². The molecule has 0 saturated heterocycles. The number of nitriles is 1. The van der Waals surface area contributed by atoms with Crippen molar-refractivity contribution in [1.29, 1.82) is 5.26 Å². The molecular weight excluding hydrogens is 408 g/mol. The Hall–Kier alpha value is -4.03. The Bertz CT molecular complexity index is 1150. The van der Waals surface area contributed by atoms with Gasteiger partial charge in [-0.25, -0.2) is 15.0 Å². The van der Waals surface area contributed by atoms with Crippen molar-refractivity contribution in [3.8, 4) is 6.07 Å². The van der Waals surface area contributed by atoms with Gasteiger partial charge in [0.25, 0.3) is 0 Å². The summed E-state index contributed by atoms with van der Waals surface area (Å²) in [6, 6.07) is 17.4. The Morgan fingerprint density at radius 1 is 1.06 bits per heavy atom. The van der Waals surface area contributed by atoms with Crippen molar-refractivity contribution < 1.29 is 0 Å². The number of hydrogen-bond donors (Lipinski definition) is 4. The molecular formula is C22H20N8S. The fraction of sp³-hybridized carbons (Fsp3) is 0.0909. The number of anilines is 2. The van der Waals surface area contributed by atoms with Crippen LogP contribution in [0.3, 0.4) is 0 Å². The van der Waals surface area contributed by atoms with Crippen molar-refractivity contribution in [2.75, 3.05) is 23.7 Å². The summed E-state index contributed by atoms with van der Waals surface area (Å²) in [5.74, 6) is 1.20. The van der Waals surface area contributed by atoms with E-state index >= 15 is 0 Å². The van der Waals surface area contributed by atoms with Gasteiger partial charge in [0.05, 0.1) is 22.7 Å². The minimum absolute atomic E-state index is 0.495. The third-order valence-corrected chi connectivity index (χ3v) is 5.32. The number of aromatic nitrogens is 3. The Morgan fingerprint density at radius 2 is 1.90 bits per heavy atom. The molecule has 0 unspecified atom stereocenters. The summed E-state index contributed by atoms with van der Waals surface area (Å²) < 4.78 is 0. The summed E-state index contributed by atoms with van der Waals surface area (Å²) in [6.45, 7) is 1.21. The summed E-state index contributed by atoms with van der Waals surface area (Å²) in [5, 5.41) is 21.4. The highest BCUT2D eigenvalue weighted by Crippen LogP contribution is 2.32. The van der Waals surface area contributed by atoms with E-state index in [1.807, 2.05) is 41.8 Å². The van der Waals surface area contributed by atoms with Gasteiger partial charge in [0.2, 0.25) is 5.95 Å². The first kappa shape index (κ1) is 20.3. The average Bonchev–Trinajstić information content (AvgIpc) is 3.33. The quantitative estimate of drug-likeness (QED) is 0.420. The summed E-state index contributed by atoms with van der Waals surface area (Å²) in [6.07, 6.45) is 3.21. The molecule has 0 saturated carbocycles. The third-order valence-electron chi connectivity index (χ3n) is 4.41. The highest BCUT2D eigenvalue weighted by Gasteiger charge is 2.16. The summed E-state index contributed by atoms with van der Waals surface area (Å²) in [5.41, 5.74) is 10.2.